The number of carbonyl (C=O) groups is 1. The number of aryl methyl sites for hydroxylation is 1. The van der Waals surface area contributed by atoms with Gasteiger partial charge in [-0.25, -0.2) is 21.1 Å². The van der Waals surface area contributed by atoms with Crippen LogP contribution in [-0.4, -0.2) is 44.9 Å². The summed E-state index contributed by atoms with van der Waals surface area (Å²) in [5.41, 5.74) is 0.631. The first-order valence-corrected chi connectivity index (χ1v) is 11.8. The van der Waals surface area contributed by atoms with E-state index in [1.807, 2.05) is 13.8 Å². The molecule has 7 nitrogen and oxygen atoms in total. The van der Waals surface area contributed by atoms with Gasteiger partial charge in [-0.15, -0.1) is 0 Å². The van der Waals surface area contributed by atoms with Gasteiger partial charge in [-0.1, -0.05) is 6.42 Å². The first kappa shape index (κ1) is 19.3. The zero-order valence-electron chi connectivity index (χ0n) is 15.2. The van der Waals surface area contributed by atoms with Crippen molar-refractivity contribution < 1.29 is 21.6 Å². The summed E-state index contributed by atoms with van der Waals surface area (Å²) in [7, 11) is -7.36. The maximum Gasteiger partial charge on any atom is 0.243 e. The van der Waals surface area contributed by atoms with E-state index in [1.165, 1.54) is 18.2 Å². The molecule has 2 aliphatic rings. The van der Waals surface area contributed by atoms with Gasteiger partial charge in [0.2, 0.25) is 26.0 Å². The van der Waals surface area contributed by atoms with Crippen LogP contribution in [-0.2, 0) is 24.8 Å². The predicted molar refractivity (Wildman–Crippen MR) is 98.9 cm³/mol. The molecule has 2 fully saturated rings. The minimum atomic E-state index is -3.69. The van der Waals surface area contributed by atoms with Crippen LogP contribution in [0.1, 0.15) is 45.1 Å². The maximum atomic E-state index is 13.2. The molecule has 2 saturated heterocycles. The Bertz CT molecular complexity index is 930. The fraction of sp³-hybridized carbons (Fsp3) is 0.588. The third kappa shape index (κ3) is 3.16. The topological polar surface area (TPSA) is 91.8 Å². The van der Waals surface area contributed by atoms with Gasteiger partial charge in [-0.05, 0) is 57.4 Å². The molecule has 26 heavy (non-hydrogen) atoms. The second-order valence-corrected chi connectivity index (χ2v) is 10.9. The van der Waals surface area contributed by atoms with Gasteiger partial charge in [0, 0.05) is 18.5 Å². The molecule has 1 aromatic carbocycles. The van der Waals surface area contributed by atoms with E-state index in [1.54, 1.807) is 11.2 Å². The Balaban J connectivity index is 2.01. The molecule has 0 spiro atoms. The summed E-state index contributed by atoms with van der Waals surface area (Å²) in [4.78, 5) is 12.1. The van der Waals surface area contributed by atoms with Gasteiger partial charge < -0.3 is 0 Å². The highest BCUT2D eigenvalue weighted by Gasteiger charge is 2.38. The monoisotopic (exact) mass is 400 g/mol. The van der Waals surface area contributed by atoms with Crippen LogP contribution in [0.4, 0.5) is 5.69 Å². The highest BCUT2D eigenvalue weighted by Crippen LogP contribution is 2.33. The van der Waals surface area contributed by atoms with E-state index in [9.17, 15) is 21.6 Å². The second-order valence-electron chi connectivity index (χ2n) is 7.14. The molecule has 1 aromatic rings. The number of carbonyl (C=O) groups excluding carboxylic acids is 1. The number of piperidine rings is 1. The Hall–Kier alpha value is -1.45. The maximum absolute atomic E-state index is 13.2. The van der Waals surface area contributed by atoms with Crippen LogP contribution in [0.5, 0.6) is 0 Å². The van der Waals surface area contributed by atoms with E-state index < -0.39 is 26.0 Å². The number of anilines is 1. The number of benzene rings is 1. The molecule has 9 heteroatoms. The normalized spacial score (nSPS) is 27.0. The number of hydrogen-bond donors (Lipinski definition) is 0. The van der Waals surface area contributed by atoms with Crippen molar-refractivity contribution in [2.75, 3.05) is 10.1 Å². The smallest absolute Gasteiger partial charge is 0.243 e. The van der Waals surface area contributed by atoms with Crippen molar-refractivity contribution in [3.05, 3.63) is 23.8 Å². The molecular weight excluding hydrogens is 376 g/mol. The van der Waals surface area contributed by atoms with Gasteiger partial charge in [0.05, 0.1) is 16.3 Å². The van der Waals surface area contributed by atoms with Crippen LogP contribution in [0, 0.1) is 6.92 Å². The van der Waals surface area contributed by atoms with Crippen molar-refractivity contribution in [3.8, 4) is 0 Å². The van der Waals surface area contributed by atoms with Crippen LogP contribution in [0.25, 0.3) is 0 Å². The summed E-state index contributed by atoms with van der Waals surface area (Å²) < 4.78 is 52.8. The van der Waals surface area contributed by atoms with Gasteiger partial charge in [0.15, 0.2) is 0 Å². The van der Waals surface area contributed by atoms with Gasteiger partial charge in [0.25, 0.3) is 0 Å². The lowest BCUT2D eigenvalue weighted by molar-refractivity contribution is -0.116. The number of hydrogen-bond acceptors (Lipinski definition) is 5. The summed E-state index contributed by atoms with van der Waals surface area (Å²) in [6.07, 6.45) is 2.59. The standard InChI is InChI=1S/C17H24N2O5S2/c1-12-11-15(19-17(20)9-10-25(19,21)22)7-8-16(12)26(23,24)18-13(2)5-4-6-14(18)3/h7-8,11,13-14H,4-6,9-10H2,1-3H3/t13-,14+. The van der Waals surface area contributed by atoms with Crippen LogP contribution in [0.2, 0.25) is 0 Å². The Morgan fingerprint density at radius 2 is 1.73 bits per heavy atom. The first-order chi connectivity index (χ1) is 12.1. The predicted octanol–water partition coefficient (Wildman–Crippen LogP) is 2.01. The van der Waals surface area contributed by atoms with Crippen molar-refractivity contribution in [2.45, 2.75) is 63.4 Å². The molecule has 0 aliphatic carbocycles. The van der Waals surface area contributed by atoms with Crippen molar-refractivity contribution in [2.24, 2.45) is 0 Å². The van der Waals surface area contributed by atoms with E-state index in [-0.39, 0.29) is 34.8 Å². The zero-order valence-corrected chi connectivity index (χ0v) is 16.8. The van der Waals surface area contributed by atoms with Crippen LogP contribution >= 0.6 is 0 Å². The van der Waals surface area contributed by atoms with Crippen molar-refractivity contribution in [1.82, 2.24) is 4.31 Å². The molecule has 0 unspecified atom stereocenters. The molecule has 2 aliphatic heterocycles. The minimum absolute atomic E-state index is 0.0514. The van der Waals surface area contributed by atoms with Crippen molar-refractivity contribution >= 4 is 31.6 Å². The molecule has 0 bridgehead atoms. The van der Waals surface area contributed by atoms with Gasteiger partial charge in [-0.3, -0.25) is 4.79 Å². The van der Waals surface area contributed by atoms with E-state index in [0.717, 1.165) is 23.6 Å². The molecule has 2 atom stereocenters. The summed E-state index contributed by atoms with van der Waals surface area (Å²) in [5.74, 6) is -0.702. The third-order valence-corrected chi connectivity index (χ3v) is 9.12. The summed E-state index contributed by atoms with van der Waals surface area (Å²) in [6, 6.07) is 4.12. The average Bonchev–Trinajstić information content (AvgIpc) is 2.79. The summed E-state index contributed by atoms with van der Waals surface area (Å²) in [5, 5.41) is 0. The van der Waals surface area contributed by atoms with Gasteiger partial charge in [-0.2, -0.15) is 4.31 Å². The molecule has 0 aromatic heterocycles. The number of amides is 1. The zero-order chi connectivity index (χ0) is 19.3. The third-order valence-electron chi connectivity index (χ3n) is 5.14. The quantitative estimate of drug-likeness (QED) is 0.774. The Morgan fingerprint density at radius 3 is 2.23 bits per heavy atom. The Labute approximate surface area is 155 Å². The summed E-state index contributed by atoms with van der Waals surface area (Å²) >= 11 is 0. The molecule has 1 amide bonds. The molecular formula is C17H24N2O5S2. The largest absolute Gasteiger partial charge is 0.273 e. The second kappa shape index (κ2) is 6.61. The number of rotatable bonds is 3. The molecule has 2 heterocycles. The van der Waals surface area contributed by atoms with Crippen LogP contribution < -0.4 is 4.31 Å². The molecule has 0 N–H and O–H groups in total. The highest BCUT2D eigenvalue weighted by molar-refractivity contribution is 7.94. The molecule has 3 rings (SSSR count). The summed E-state index contributed by atoms with van der Waals surface area (Å²) in [6.45, 7) is 5.45. The highest BCUT2D eigenvalue weighted by atomic mass is 32.2. The van der Waals surface area contributed by atoms with Gasteiger partial charge in [0.1, 0.15) is 0 Å². The first-order valence-electron chi connectivity index (χ1n) is 8.76. The average molecular weight is 401 g/mol. The Morgan fingerprint density at radius 1 is 1.12 bits per heavy atom. The number of nitrogens with zero attached hydrogens (tertiary/aromatic N) is 2. The fourth-order valence-corrected chi connectivity index (χ4v) is 7.45. The lowest BCUT2D eigenvalue weighted by Crippen LogP contribution is -2.47. The SMILES string of the molecule is Cc1cc(N2C(=O)CCS2(=O)=O)ccc1S(=O)(=O)N1[C@H](C)CCC[C@@H]1C. The minimum Gasteiger partial charge on any atom is -0.273 e. The van der Waals surface area contributed by atoms with E-state index in [0.29, 0.717) is 5.56 Å². The van der Waals surface area contributed by atoms with Crippen molar-refractivity contribution in [3.63, 3.8) is 0 Å². The number of sulfonamides is 2. The van der Waals surface area contributed by atoms with Crippen LogP contribution in [0.15, 0.2) is 23.1 Å². The lowest BCUT2D eigenvalue weighted by Gasteiger charge is -2.38. The lowest BCUT2D eigenvalue weighted by atomic mass is 10.0. The van der Waals surface area contributed by atoms with E-state index in [2.05, 4.69) is 0 Å². The van der Waals surface area contributed by atoms with Crippen LogP contribution in [0.3, 0.4) is 0 Å². The molecule has 0 saturated carbocycles. The Kier molecular flexibility index (Phi) is 4.91. The molecule has 144 valence electrons. The molecule has 0 radical (unpaired) electrons. The van der Waals surface area contributed by atoms with E-state index >= 15 is 0 Å². The van der Waals surface area contributed by atoms with Gasteiger partial charge >= 0.3 is 0 Å². The van der Waals surface area contributed by atoms with Crippen molar-refractivity contribution in [1.29, 1.82) is 0 Å². The van der Waals surface area contributed by atoms with E-state index in [4.69, 9.17) is 0 Å². The fourth-order valence-electron chi connectivity index (χ4n) is 3.90.